The van der Waals surface area contributed by atoms with Crippen LogP contribution in [0.15, 0.2) is 30.3 Å². The van der Waals surface area contributed by atoms with E-state index in [1.807, 2.05) is 30.3 Å². The Bertz CT molecular complexity index is 593. The van der Waals surface area contributed by atoms with Crippen LogP contribution < -0.4 is 11.1 Å². The first-order valence-electron chi connectivity index (χ1n) is 7.56. The highest BCUT2D eigenvalue weighted by atomic mass is 15.0. The molecule has 0 atom stereocenters. The third kappa shape index (κ3) is 4.45. The maximum absolute atomic E-state index is 5.86. The molecular weight excluding hydrogens is 260 g/mol. The van der Waals surface area contributed by atoms with Crippen molar-refractivity contribution in [1.82, 2.24) is 9.97 Å². The highest BCUT2D eigenvalue weighted by Crippen LogP contribution is 2.21. The molecule has 0 bridgehead atoms. The van der Waals surface area contributed by atoms with Gasteiger partial charge >= 0.3 is 0 Å². The molecule has 21 heavy (non-hydrogen) atoms. The van der Waals surface area contributed by atoms with Gasteiger partial charge in [-0.05, 0) is 37.8 Å². The summed E-state index contributed by atoms with van der Waals surface area (Å²) in [4.78, 5) is 9.28. The van der Waals surface area contributed by atoms with Gasteiger partial charge in [0.2, 0.25) is 0 Å². The molecule has 0 aliphatic rings. The van der Waals surface area contributed by atoms with Crippen molar-refractivity contribution in [2.24, 2.45) is 5.92 Å². The van der Waals surface area contributed by atoms with Crippen LogP contribution in [0.3, 0.4) is 0 Å². The van der Waals surface area contributed by atoms with Gasteiger partial charge in [0.25, 0.3) is 0 Å². The van der Waals surface area contributed by atoms with Crippen LogP contribution in [-0.4, -0.2) is 16.5 Å². The van der Waals surface area contributed by atoms with Gasteiger partial charge in [0.15, 0.2) is 5.82 Å². The van der Waals surface area contributed by atoms with Crippen molar-refractivity contribution >= 4 is 11.5 Å². The number of anilines is 2. The molecule has 0 aliphatic carbocycles. The lowest BCUT2D eigenvalue weighted by atomic mass is 10.1. The van der Waals surface area contributed by atoms with E-state index in [0.717, 1.165) is 48.0 Å². The fourth-order valence-electron chi connectivity index (χ4n) is 2.14. The van der Waals surface area contributed by atoms with Gasteiger partial charge in [-0.3, -0.25) is 0 Å². The average molecular weight is 284 g/mol. The van der Waals surface area contributed by atoms with E-state index in [0.29, 0.717) is 5.92 Å². The van der Waals surface area contributed by atoms with Gasteiger partial charge in [-0.1, -0.05) is 26.0 Å². The van der Waals surface area contributed by atoms with Crippen molar-refractivity contribution in [3.63, 3.8) is 0 Å². The van der Waals surface area contributed by atoms with E-state index in [-0.39, 0.29) is 0 Å². The minimum atomic E-state index is 0.665. The molecule has 0 spiro atoms. The van der Waals surface area contributed by atoms with Crippen LogP contribution in [0.2, 0.25) is 0 Å². The molecule has 4 heteroatoms. The Kier molecular flexibility index (Phi) is 5.14. The maximum Gasteiger partial charge on any atom is 0.161 e. The van der Waals surface area contributed by atoms with Crippen molar-refractivity contribution in [2.45, 2.75) is 33.6 Å². The van der Waals surface area contributed by atoms with Gasteiger partial charge in [0.05, 0.1) is 0 Å². The Labute approximate surface area is 126 Å². The highest BCUT2D eigenvalue weighted by Gasteiger charge is 2.08. The molecule has 0 radical (unpaired) electrons. The summed E-state index contributed by atoms with van der Waals surface area (Å²) in [5.41, 5.74) is 8.62. The van der Waals surface area contributed by atoms with Gasteiger partial charge in [0, 0.05) is 29.6 Å². The van der Waals surface area contributed by atoms with Crippen molar-refractivity contribution < 1.29 is 0 Å². The quantitative estimate of drug-likeness (QED) is 0.793. The minimum Gasteiger partial charge on any atom is -0.399 e. The fourth-order valence-corrected chi connectivity index (χ4v) is 2.14. The lowest BCUT2D eigenvalue weighted by Crippen LogP contribution is -2.05. The number of aromatic nitrogens is 2. The maximum atomic E-state index is 5.86. The molecule has 1 heterocycles. The summed E-state index contributed by atoms with van der Waals surface area (Å²) < 4.78 is 0. The van der Waals surface area contributed by atoms with Crippen LogP contribution in [0.5, 0.6) is 0 Å². The highest BCUT2D eigenvalue weighted by molar-refractivity contribution is 5.62. The molecule has 0 aliphatic heterocycles. The van der Waals surface area contributed by atoms with Crippen molar-refractivity contribution in [1.29, 1.82) is 0 Å². The van der Waals surface area contributed by atoms with Gasteiger partial charge in [-0.2, -0.15) is 0 Å². The topological polar surface area (TPSA) is 63.8 Å². The Morgan fingerprint density at radius 2 is 2.00 bits per heavy atom. The molecule has 0 fully saturated rings. The SMILES string of the molecule is CCNc1cc(CCC(C)C)nc(-c2cccc(N)c2)n1. The van der Waals surface area contributed by atoms with Gasteiger partial charge in [-0.25, -0.2) is 9.97 Å². The predicted octanol–water partition coefficient (Wildman–Crippen LogP) is 3.75. The summed E-state index contributed by atoms with van der Waals surface area (Å²) in [7, 11) is 0. The third-order valence-corrected chi connectivity index (χ3v) is 3.26. The molecular formula is C17H24N4. The van der Waals surface area contributed by atoms with Crippen LogP contribution in [0, 0.1) is 5.92 Å². The largest absolute Gasteiger partial charge is 0.399 e. The first-order chi connectivity index (χ1) is 10.1. The summed E-state index contributed by atoms with van der Waals surface area (Å²) >= 11 is 0. The Morgan fingerprint density at radius 1 is 1.19 bits per heavy atom. The van der Waals surface area contributed by atoms with Crippen molar-refractivity contribution in [2.75, 3.05) is 17.6 Å². The molecule has 0 saturated carbocycles. The Hall–Kier alpha value is -2.10. The normalized spacial score (nSPS) is 10.9. The van der Waals surface area contributed by atoms with Crippen LogP contribution in [0.4, 0.5) is 11.5 Å². The molecule has 0 amide bonds. The minimum absolute atomic E-state index is 0.665. The number of nitrogens with one attached hydrogen (secondary N) is 1. The van der Waals surface area contributed by atoms with Crippen LogP contribution in [0.25, 0.3) is 11.4 Å². The van der Waals surface area contributed by atoms with Gasteiger partial charge < -0.3 is 11.1 Å². The Morgan fingerprint density at radius 3 is 2.67 bits per heavy atom. The molecule has 3 N–H and O–H groups in total. The number of rotatable bonds is 6. The summed E-state index contributed by atoms with van der Waals surface area (Å²) in [5.74, 6) is 2.28. The van der Waals surface area contributed by atoms with E-state index >= 15 is 0 Å². The zero-order valence-corrected chi connectivity index (χ0v) is 13.1. The Balaban J connectivity index is 2.35. The molecule has 0 unspecified atom stereocenters. The second-order valence-electron chi connectivity index (χ2n) is 5.66. The van der Waals surface area contributed by atoms with E-state index in [4.69, 9.17) is 10.7 Å². The number of hydrogen-bond acceptors (Lipinski definition) is 4. The molecule has 1 aromatic carbocycles. The summed E-state index contributed by atoms with van der Waals surface area (Å²) in [6.45, 7) is 7.36. The van der Waals surface area contributed by atoms with Crippen LogP contribution in [-0.2, 0) is 6.42 Å². The number of aryl methyl sites for hydroxylation is 1. The summed E-state index contributed by atoms with van der Waals surface area (Å²) in [5, 5.41) is 3.28. The molecule has 0 saturated heterocycles. The number of nitrogens with two attached hydrogens (primary N) is 1. The third-order valence-electron chi connectivity index (χ3n) is 3.26. The zero-order valence-electron chi connectivity index (χ0n) is 13.1. The van der Waals surface area contributed by atoms with E-state index in [9.17, 15) is 0 Å². The molecule has 1 aromatic heterocycles. The van der Waals surface area contributed by atoms with Crippen LogP contribution >= 0.6 is 0 Å². The second kappa shape index (κ2) is 7.07. The van der Waals surface area contributed by atoms with Gasteiger partial charge in [-0.15, -0.1) is 0 Å². The zero-order chi connectivity index (χ0) is 15.2. The van der Waals surface area contributed by atoms with E-state index in [1.54, 1.807) is 0 Å². The average Bonchev–Trinajstić information content (AvgIpc) is 2.45. The predicted molar refractivity (Wildman–Crippen MR) is 89.2 cm³/mol. The smallest absolute Gasteiger partial charge is 0.161 e. The number of benzene rings is 1. The molecule has 112 valence electrons. The summed E-state index contributed by atoms with van der Waals surface area (Å²) in [6.07, 6.45) is 2.09. The standard InChI is InChI=1S/C17H24N4/c1-4-19-16-11-15(9-8-12(2)3)20-17(21-16)13-6-5-7-14(18)10-13/h5-7,10-12H,4,8-9,18H2,1-3H3,(H,19,20,21). The summed E-state index contributed by atoms with van der Waals surface area (Å²) in [6, 6.07) is 9.76. The second-order valence-corrected chi connectivity index (χ2v) is 5.66. The number of hydrogen-bond donors (Lipinski definition) is 2. The lowest BCUT2D eigenvalue weighted by molar-refractivity contribution is 0.581. The van der Waals surface area contributed by atoms with Crippen molar-refractivity contribution in [3.8, 4) is 11.4 Å². The van der Waals surface area contributed by atoms with E-state index < -0.39 is 0 Å². The lowest BCUT2D eigenvalue weighted by Gasteiger charge is -2.10. The van der Waals surface area contributed by atoms with Crippen LogP contribution in [0.1, 0.15) is 32.9 Å². The van der Waals surface area contributed by atoms with E-state index in [2.05, 4.69) is 31.1 Å². The number of nitrogens with zero attached hydrogens (tertiary/aromatic N) is 2. The first-order valence-corrected chi connectivity index (χ1v) is 7.56. The molecule has 4 nitrogen and oxygen atoms in total. The van der Waals surface area contributed by atoms with Gasteiger partial charge in [0.1, 0.15) is 5.82 Å². The van der Waals surface area contributed by atoms with Crippen molar-refractivity contribution in [3.05, 3.63) is 36.0 Å². The van der Waals surface area contributed by atoms with E-state index in [1.165, 1.54) is 0 Å². The monoisotopic (exact) mass is 284 g/mol. The molecule has 2 rings (SSSR count). The molecule has 2 aromatic rings. The first kappa shape index (κ1) is 15.3. The fraction of sp³-hybridized carbons (Fsp3) is 0.412. The number of nitrogen functional groups attached to an aromatic ring is 1.